The van der Waals surface area contributed by atoms with Crippen molar-refractivity contribution in [2.75, 3.05) is 13.6 Å². The summed E-state index contributed by atoms with van der Waals surface area (Å²) in [4.78, 5) is 27.7. The largest absolute Gasteiger partial charge is 0.352 e. The highest BCUT2D eigenvalue weighted by Gasteiger charge is 2.31. The number of sulfonamides is 1. The van der Waals surface area contributed by atoms with E-state index in [9.17, 15) is 18.0 Å². The van der Waals surface area contributed by atoms with Crippen molar-refractivity contribution in [2.45, 2.75) is 57.6 Å². The minimum atomic E-state index is -3.84. The second-order valence-electron chi connectivity index (χ2n) is 8.17. The molecule has 1 atom stereocenters. The zero-order chi connectivity index (χ0) is 23.9. The number of nitrogens with one attached hydrogen (secondary N) is 1. The van der Waals surface area contributed by atoms with E-state index in [0.717, 1.165) is 15.4 Å². The van der Waals surface area contributed by atoms with Crippen LogP contribution in [0.1, 0.15) is 38.3 Å². The summed E-state index contributed by atoms with van der Waals surface area (Å²) in [6.07, 6.45) is 0.408. The first-order chi connectivity index (χ1) is 15.1. The van der Waals surface area contributed by atoms with Crippen LogP contribution in [-0.4, -0.2) is 55.1 Å². The third-order valence-electron chi connectivity index (χ3n) is 5.10. The number of carbonyl (C=O) groups excluding carboxylic acids is 2. The van der Waals surface area contributed by atoms with Crippen molar-refractivity contribution in [1.82, 2.24) is 14.5 Å². The average molecular weight is 460 g/mol. The molecule has 1 N–H and O–H groups in total. The lowest BCUT2D eigenvalue weighted by molar-refractivity contribution is -0.141. The van der Waals surface area contributed by atoms with Crippen molar-refractivity contribution in [2.24, 2.45) is 0 Å². The van der Waals surface area contributed by atoms with Crippen LogP contribution < -0.4 is 5.32 Å². The summed E-state index contributed by atoms with van der Waals surface area (Å²) in [5, 5.41) is 2.86. The maximum atomic E-state index is 13.3. The second-order valence-corrected chi connectivity index (χ2v) is 10.2. The fourth-order valence-corrected chi connectivity index (χ4v) is 4.46. The quantitative estimate of drug-likeness (QED) is 0.592. The Morgan fingerprint density at radius 1 is 1.00 bits per heavy atom. The van der Waals surface area contributed by atoms with E-state index in [1.165, 1.54) is 24.1 Å². The van der Waals surface area contributed by atoms with E-state index in [1.54, 1.807) is 12.1 Å². The number of aryl methyl sites for hydroxylation is 1. The average Bonchev–Trinajstić information content (AvgIpc) is 2.74. The van der Waals surface area contributed by atoms with Crippen LogP contribution in [0.15, 0.2) is 59.5 Å². The molecule has 2 aromatic rings. The van der Waals surface area contributed by atoms with E-state index >= 15 is 0 Å². The Morgan fingerprint density at radius 2 is 1.59 bits per heavy atom. The van der Waals surface area contributed by atoms with Gasteiger partial charge in [0.15, 0.2) is 0 Å². The van der Waals surface area contributed by atoms with Gasteiger partial charge in [-0.2, -0.15) is 4.31 Å². The minimum Gasteiger partial charge on any atom is -0.352 e. The lowest BCUT2D eigenvalue weighted by atomic mass is 10.1. The van der Waals surface area contributed by atoms with Gasteiger partial charge in [0, 0.05) is 19.6 Å². The first-order valence-corrected chi connectivity index (χ1v) is 12.2. The number of amides is 2. The van der Waals surface area contributed by atoms with Crippen molar-refractivity contribution >= 4 is 21.8 Å². The molecule has 2 amide bonds. The van der Waals surface area contributed by atoms with E-state index in [-0.39, 0.29) is 29.9 Å². The molecule has 0 saturated carbocycles. The highest BCUT2D eigenvalue weighted by atomic mass is 32.2. The molecule has 0 saturated heterocycles. The molecule has 2 aromatic carbocycles. The molecule has 0 spiro atoms. The Morgan fingerprint density at radius 3 is 2.12 bits per heavy atom. The van der Waals surface area contributed by atoms with E-state index in [1.807, 2.05) is 58.0 Å². The Hall–Kier alpha value is -2.71. The molecule has 0 heterocycles. The van der Waals surface area contributed by atoms with Crippen LogP contribution in [0.3, 0.4) is 0 Å². The number of hydrogen-bond donors (Lipinski definition) is 1. The van der Waals surface area contributed by atoms with Gasteiger partial charge in [-0.05, 0) is 44.9 Å². The molecule has 7 nitrogen and oxygen atoms in total. The number of carbonyl (C=O) groups is 2. The van der Waals surface area contributed by atoms with Crippen LogP contribution in [-0.2, 0) is 26.2 Å². The number of rotatable bonds is 10. The molecule has 0 aliphatic carbocycles. The van der Waals surface area contributed by atoms with Gasteiger partial charge in [0.25, 0.3) is 0 Å². The van der Waals surface area contributed by atoms with E-state index in [4.69, 9.17) is 0 Å². The van der Waals surface area contributed by atoms with Crippen LogP contribution in [0.2, 0.25) is 0 Å². The summed E-state index contributed by atoms with van der Waals surface area (Å²) in [6, 6.07) is 15.1. The molecule has 174 valence electrons. The molecule has 0 aliphatic heterocycles. The van der Waals surface area contributed by atoms with Gasteiger partial charge >= 0.3 is 0 Å². The van der Waals surface area contributed by atoms with E-state index < -0.39 is 22.0 Å². The topological polar surface area (TPSA) is 86.8 Å². The fourth-order valence-electron chi connectivity index (χ4n) is 3.34. The maximum Gasteiger partial charge on any atom is 0.243 e. The lowest BCUT2D eigenvalue weighted by Crippen LogP contribution is -2.52. The van der Waals surface area contributed by atoms with Crippen LogP contribution in [0.4, 0.5) is 0 Å². The van der Waals surface area contributed by atoms with Crippen molar-refractivity contribution in [1.29, 1.82) is 0 Å². The predicted octanol–water partition coefficient (Wildman–Crippen LogP) is 2.95. The van der Waals surface area contributed by atoms with Gasteiger partial charge in [0.1, 0.15) is 6.04 Å². The van der Waals surface area contributed by atoms with Crippen LogP contribution >= 0.6 is 0 Å². The number of benzene rings is 2. The molecular formula is C24H33N3O4S. The molecule has 0 radical (unpaired) electrons. The SMILES string of the molecule is CC[C@@H](C(=O)NC(C)C)N(Cc1ccccc1)C(=O)CN(C)S(=O)(=O)c1ccc(C)cc1. The first kappa shape index (κ1) is 25.5. The van der Waals surface area contributed by atoms with Gasteiger partial charge in [-0.15, -0.1) is 0 Å². The number of nitrogens with zero attached hydrogens (tertiary/aromatic N) is 2. The third kappa shape index (κ3) is 6.64. The Bertz CT molecular complexity index is 1010. The van der Waals surface area contributed by atoms with Gasteiger partial charge < -0.3 is 10.2 Å². The van der Waals surface area contributed by atoms with Crippen molar-refractivity contribution in [3.8, 4) is 0 Å². The number of hydrogen-bond acceptors (Lipinski definition) is 4. The smallest absolute Gasteiger partial charge is 0.243 e. The predicted molar refractivity (Wildman–Crippen MR) is 125 cm³/mol. The van der Waals surface area contributed by atoms with Gasteiger partial charge in [0.05, 0.1) is 11.4 Å². The second kappa shape index (κ2) is 11.2. The summed E-state index contributed by atoms with van der Waals surface area (Å²) in [5.41, 5.74) is 1.80. The third-order valence-corrected chi connectivity index (χ3v) is 6.92. The highest BCUT2D eigenvalue weighted by Crippen LogP contribution is 2.17. The van der Waals surface area contributed by atoms with Crippen molar-refractivity contribution in [3.05, 3.63) is 65.7 Å². The molecule has 0 fully saturated rings. The summed E-state index contributed by atoms with van der Waals surface area (Å²) in [5.74, 6) is -0.686. The van der Waals surface area contributed by atoms with Crippen molar-refractivity contribution in [3.63, 3.8) is 0 Å². The Balaban J connectivity index is 2.29. The normalized spacial score (nSPS) is 12.6. The van der Waals surface area contributed by atoms with Crippen LogP contribution in [0, 0.1) is 6.92 Å². The van der Waals surface area contributed by atoms with E-state index in [0.29, 0.717) is 6.42 Å². The Labute approximate surface area is 191 Å². The van der Waals surface area contributed by atoms with Crippen LogP contribution in [0.5, 0.6) is 0 Å². The standard InChI is InChI=1S/C24H33N3O4S/c1-6-22(24(29)25-18(2)3)27(16-20-10-8-7-9-11-20)23(28)17-26(5)32(30,31)21-14-12-19(4)13-15-21/h7-15,18,22H,6,16-17H2,1-5H3,(H,25,29)/t22-/m0/s1. The monoisotopic (exact) mass is 459 g/mol. The highest BCUT2D eigenvalue weighted by molar-refractivity contribution is 7.89. The molecule has 0 aliphatic rings. The first-order valence-electron chi connectivity index (χ1n) is 10.7. The number of likely N-dealkylation sites (N-methyl/N-ethyl adjacent to an activating group) is 1. The van der Waals surface area contributed by atoms with Gasteiger partial charge in [-0.1, -0.05) is 55.0 Å². The molecule has 2 rings (SSSR count). The summed E-state index contributed by atoms with van der Waals surface area (Å²) < 4.78 is 26.9. The summed E-state index contributed by atoms with van der Waals surface area (Å²) >= 11 is 0. The van der Waals surface area contributed by atoms with Gasteiger partial charge in [-0.3, -0.25) is 9.59 Å². The lowest BCUT2D eigenvalue weighted by Gasteiger charge is -2.32. The van der Waals surface area contributed by atoms with Crippen LogP contribution in [0.25, 0.3) is 0 Å². The molecule has 32 heavy (non-hydrogen) atoms. The molecular weight excluding hydrogens is 426 g/mol. The molecule has 8 heteroatoms. The zero-order valence-electron chi connectivity index (χ0n) is 19.4. The van der Waals surface area contributed by atoms with E-state index in [2.05, 4.69) is 5.32 Å². The summed E-state index contributed by atoms with van der Waals surface area (Å²) in [7, 11) is -2.47. The van der Waals surface area contributed by atoms with Gasteiger partial charge in [-0.25, -0.2) is 8.42 Å². The Kier molecular flexibility index (Phi) is 8.98. The molecule has 0 aromatic heterocycles. The maximum absolute atomic E-state index is 13.3. The zero-order valence-corrected chi connectivity index (χ0v) is 20.2. The summed E-state index contributed by atoms with van der Waals surface area (Å²) in [6.45, 7) is 7.27. The van der Waals surface area contributed by atoms with Crippen molar-refractivity contribution < 1.29 is 18.0 Å². The van der Waals surface area contributed by atoms with Gasteiger partial charge in [0.2, 0.25) is 21.8 Å². The molecule has 0 bridgehead atoms. The fraction of sp³-hybridized carbons (Fsp3) is 0.417. The molecule has 0 unspecified atom stereocenters. The minimum absolute atomic E-state index is 0.0742.